The third-order valence-electron chi connectivity index (χ3n) is 7.28. The second-order valence-corrected chi connectivity index (χ2v) is 10.1. The van der Waals surface area contributed by atoms with Gasteiger partial charge in [0.2, 0.25) is 5.91 Å². The van der Waals surface area contributed by atoms with Crippen LogP contribution in [0.3, 0.4) is 0 Å². The zero-order valence-electron chi connectivity index (χ0n) is 16.8. The summed E-state index contributed by atoms with van der Waals surface area (Å²) in [6.07, 6.45) is 9.04. The summed E-state index contributed by atoms with van der Waals surface area (Å²) in [4.78, 5) is 37.0. The normalized spacial score (nSPS) is 34.3. The van der Waals surface area contributed by atoms with Crippen molar-refractivity contribution in [2.24, 2.45) is 23.2 Å². The fourth-order valence-electron chi connectivity index (χ4n) is 6.23. The average molecular weight is 417 g/mol. The van der Waals surface area contributed by atoms with E-state index in [1.54, 1.807) is 0 Å². The summed E-state index contributed by atoms with van der Waals surface area (Å²) >= 11 is 0.995. The van der Waals surface area contributed by atoms with Gasteiger partial charge in [-0.1, -0.05) is 11.8 Å². The van der Waals surface area contributed by atoms with Gasteiger partial charge < -0.3 is 10.6 Å². The quantitative estimate of drug-likeness (QED) is 0.375. The van der Waals surface area contributed by atoms with Crippen LogP contribution in [0.25, 0.3) is 0 Å². The van der Waals surface area contributed by atoms with E-state index in [1.165, 1.54) is 49.6 Å². The van der Waals surface area contributed by atoms with E-state index in [1.807, 2.05) is 6.07 Å². The number of nitrogens with zero attached hydrogens (tertiary/aromatic N) is 2. The van der Waals surface area contributed by atoms with Crippen molar-refractivity contribution in [2.75, 3.05) is 18.8 Å². The zero-order valence-corrected chi connectivity index (χ0v) is 17.6. The molecule has 4 saturated carbocycles. The van der Waals surface area contributed by atoms with Crippen molar-refractivity contribution in [1.82, 2.24) is 15.5 Å². The van der Waals surface area contributed by atoms with Gasteiger partial charge in [0.15, 0.2) is 0 Å². The number of hydrogen-bond donors (Lipinski definition) is 2. The van der Waals surface area contributed by atoms with E-state index in [4.69, 9.17) is 0 Å². The fraction of sp³-hybridized carbons (Fsp3) is 0.714. The van der Waals surface area contributed by atoms with Crippen LogP contribution in [0.1, 0.15) is 45.4 Å². The van der Waals surface area contributed by atoms with Crippen molar-refractivity contribution in [2.45, 2.75) is 51.5 Å². The molecule has 0 radical (unpaired) electrons. The highest BCUT2D eigenvalue weighted by Crippen LogP contribution is 2.61. The molecule has 3 amide bonds. The summed E-state index contributed by atoms with van der Waals surface area (Å²) in [5.41, 5.74) is 0.210. The Hall–Kier alpha value is -2.01. The molecular formula is C21H28N4O3S. The van der Waals surface area contributed by atoms with Crippen molar-refractivity contribution in [3.63, 3.8) is 0 Å². The van der Waals surface area contributed by atoms with Crippen LogP contribution in [0.5, 0.6) is 0 Å². The predicted molar refractivity (Wildman–Crippen MR) is 109 cm³/mol. The zero-order chi connectivity index (χ0) is 20.6. The van der Waals surface area contributed by atoms with Gasteiger partial charge in [-0.2, -0.15) is 5.26 Å². The molecule has 5 aliphatic rings. The first kappa shape index (κ1) is 20.3. The molecule has 0 spiro atoms. The van der Waals surface area contributed by atoms with Gasteiger partial charge in [-0.25, -0.2) is 0 Å². The van der Waals surface area contributed by atoms with Crippen molar-refractivity contribution in [3.05, 3.63) is 11.8 Å². The second-order valence-electron chi connectivity index (χ2n) is 9.20. The predicted octanol–water partition coefficient (Wildman–Crippen LogP) is 2.40. The molecule has 7 nitrogen and oxygen atoms in total. The van der Waals surface area contributed by atoms with Crippen LogP contribution in [-0.4, -0.2) is 46.8 Å². The number of carbonyl (C=O) groups is 3. The van der Waals surface area contributed by atoms with Gasteiger partial charge in [0.25, 0.3) is 11.1 Å². The van der Waals surface area contributed by atoms with Crippen molar-refractivity contribution in [1.29, 1.82) is 5.26 Å². The molecule has 5 rings (SSSR count). The largest absolute Gasteiger partial charge is 0.388 e. The van der Waals surface area contributed by atoms with E-state index in [9.17, 15) is 19.6 Å². The van der Waals surface area contributed by atoms with E-state index in [2.05, 4.69) is 17.6 Å². The van der Waals surface area contributed by atoms with Gasteiger partial charge in [0, 0.05) is 25.3 Å². The molecule has 0 aromatic rings. The highest BCUT2D eigenvalue weighted by Gasteiger charge is 2.53. The first-order valence-electron chi connectivity index (χ1n) is 10.5. The average Bonchev–Trinajstić information content (AvgIpc) is 2.98. The molecule has 0 aromatic carbocycles. The molecule has 0 aromatic heterocycles. The van der Waals surface area contributed by atoms with Crippen LogP contribution in [-0.2, 0) is 9.59 Å². The Kier molecular flexibility index (Phi) is 5.60. The Morgan fingerprint density at radius 2 is 1.90 bits per heavy atom. The van der Waals surface area contributed by atoms with Crippen LogP contribution < -0.4 is 10.6 Å². The Labute approximate surface area is 175 Å². The van der Waals surface area contributed by atoms with Crippen LogP contribution in [0.4, 0.5) is 4.79 Å². The standard InChI is InChI=1S/C21H28N4O3S/c1-13(21-7-14-4-15(8-21)6-16(5-14)9-21)24-19(27)17(10-22)11-23-2-3-25-18(26)12-29-20(25)28/h11,13-16,23H,2-9,12H2,1H3,(H,24,27)/b17-11-. The summed E-state index contributed by atoms with van der Waals surface area (Å²) in [5.74, 6) is 2.05. The Morgan fingerprint density at radius 3 is 2.41 bits per heavy atom. The monoisotopic (exact) mass is 416 g/mol. The number of thioether (sulfide) groups is 1. The molecule has 156 valence electrons. The highest BCUT2D eigenvalue weighted by atomic mass is 32.2. The molecule has 1 aliphatic heterocycles. The molecule has 2 N–H and O–H groups in total. The summed E-state index contributed by atoms with van der Waals surface area (Å²) in [5, 5.41) is 15.1. The topological polar surface area (TPSA) is 102 Å². The van der Waals surface area contributed by atoms with Crippen LogP contribution in [0.15, 0.2) is 11.8 Å². The Bertz CT molecular complexity index is 736. The molecule has 1 atom stereocenters. The highest BCUT2D eigenvalue weighted by molar-refractivity contribution is 8.14. The molecular weight excluding hydrogens is 388 g/mol. The van der Waals surface area contributed by atoms with Crippen molar-refractivity contribution in [3.8, 4) is 6.07 Å². The van der Waals surface area contributed by atoms with Gasteiger partial charge in [-0.15, -0.1) is 0 Å². The third kappa shape index (κ3) is 4.02. The lowest BCUT2D eigenvalue weighted by Gasteiger charge is -2.59. The van der Waals surface area contributed by atoms with Gasteiger partial charge in [0.05, 0.1) is 5.75 Å². The van der Waals surface area contributed by atoms with Gasteiger partial charge in [-0.3, -0.25) is 19.3 Å². The van der Waals surface area contributed by atoms with E-state index < -0.39 is 0 Å². The van der Waals surface area contributed by atoms with Gasteiger partial charge in [-0.05, 0) is 68.6 Å². The van der Waals surface area contributed by atoms with Gasteiger partial charge in [0.1, 0.15) is 11.6 Å². The van der Waals surface area contributed by atoms with E-state index in [0.717, 1.165) is 29.5 Å². The van der Waals surface area contributed by atoms with Crippen LogP contribution >= 0.6 is 11.8 Å². The molecule has 5 fully saturated rings. The minimum atomic E-state index is -0.355. The van der Waals surface area contributed by atoms with E-state index >= 15 is 0 Å². The number of rotatable bonds is 7. The number of hydrogen-bond acceptors (Lipinski definition) is 6. The third-order valence-corrected chi connectivity index (χ3v) is 8.14. The first-order valence-corrected chi connectivity index (χ1v) is 11.5. The van der Waals surface area contributed by atoms with Crippen LogP contribution in [0, 0.1) is 34.5 Å². The molecule has 4 bridgehead atoms. The van der Waals surface area contributed by atoms with Gasteiger partial charge >= 0.3 is 0 Å². The number of carbonyl (C=O) groups excluding carboxylic acids is 3. The Morgan fingerprint density at radius 1 is 1.28 bits per heavy atom. The van der Waals surface area contributed by atoms with Crippen molar-refractivity contribution >= 4 is 28.8 Å². The maximum Gasteiger partial charge on any atom is 0.288 e. The smallest absolute Gasteiger partial charge is 0.288 e. The fourth-order valence-corrected chi connectivity index (χ4v) is 6.98. The molecule has 1 heterocycles. The summed E-state index contributed by atoms with van der Waals surface area (Å²) in [6, 6.07) is 2.01. The van der Waals surface area contributed by atoms with Crippen molar-refractivity contribution < 1.29 is 14.4 Å². The molecule has 4 aliphatic carbocycles. The molecule has 1 saturated heterocycles. The first-order chi connectivity index (χ1) is 13.9. The SMILES string of the molecule is CC(NC(=O)/C(C#N)=C\NCCN1C(=O)CSC1=O)C12CC3CC(CC(C3)C1)C2. The number of amides is 3. The number of nitrogens with one attached hydrogen (secondary N) is 2. The van der Waals surface area contributed by atoms with E-state index in [-0.39, 0.29) is 46.4 Å². The molecule has 29 heavy (non-hydrogen) atoms. The second kappa shape index (κ2) is 8.02. The summed E-state index contributed by atoms with van der Waals surface area (Å²) < 4.78 is 0. The summed E-state index contributed by atoms with van der Waals surface area (Å²) in [7, 11) is 0. The van der Waals surface area contributed by atoms with Crippen LogP contribution in [0.2, 0.25) is 0 Å². The lowest BCUT2D eigenvalue weighted by atomic mass is 9.48. The Balaban J connectivity index is 1.31. The lowest BCUT2D eigenvalue weighted by molar-refractivity contribution is -0.124. The summed E-state index contributed by atoms with van der Waals surface area (Å²) in [6.45, 7) is 2.63. The number of nitriles is 1. The number of imide groups is 1. The minimum Gasteiger partial charge on any atom is -0.388 e. The minimum absolute atomic E-state index is 0.0232. The van der Waals surface area contributed by atoms with E-state index in [0.29, 0.717) is 6.54 Å². The molecule has 1 unspecified atom stereocenters. The molecule has 8 heteroatoms. The maximum absolute atomic E-state index is 12.7. The lowest BCUT2D eigenvalue weighted by Crippen LogP contribution is -2.56. The maximum atomic E-state index is 12.7.